The van der Waals surface area contributed by atoms with Gasteiger partial charge in [0.05, 0.1) is 37.4 Å². The quantitative estimate of drug-likeness (QED) is 0.384. The zero-order valence-corrected chi connectivity index (χ0v) is 15.6. The summed E-state index contributed by atoms with van der Waals surface area (Å²) in [6, 6.07) is 8.65. The Balaban J connectivity index is 2.27. The van der Waals surface area contributed by atoms with Crippen LogP contribution in [0.4, 0.5) is 5.69 Å². The van der Waals surface area contributed by atoms with Crippen LogP contribution < -0.4 is 9.47 Å². The maximum Gasteiger partial charge on any atom is 0.345 e. The number of nitrogens with zero attached hydrogens (tertiary/aromatic N) is 1. The maximum absolute atomic E-state index is 12.5. The van der Waals surface area contributed by atoms with Crippen molar-refractivity contribution in [2.45, 2.75) is 13.5 Å². The summed E-state index contributed by atoms with van der Waals surface area (Å²) in [4.78, 5) is 34.7. The fourth-order valence-corrected chi connectivity index (χ4v) is 2.42. The van der Waals surface area contributed by atoms with Gasteiger partial charge in [-0.15, -0.1) is 0 Å². The average Bonchev–Trinajstić information content (AvgIpc) is 2.71. The highest BCUT2D eigenvalue weighted by atomic mass is 16.6. The number of hydrogen-bond donors (Lipinski definition) is 0. The van der Waals surface area contributed by atoms with Gasteiger partial charge in [0.15, 0.2) is 11.5 Å². The Morgan fingerprint density at radius 2 is 1.82 bits per heavy atom. The first-order valence-electron chi connectivity index (χ1n) is 8.24. The maximum atomic E-state index is 12.5. The molecule has 0 aliphatic heterocycles. The summed E-state index contributed by atoms with van der Waals surface area (Å²) in [5.41, 5.74) is 0.0922. The van der Waals surface area contributed by atoms with Gasteiger partial charge in [0.1, 0.15) is 12.2 Å². The van der Waals surface area contributed by atoms with Crippen LogP contribution in [0.5, 0.6) is 11.5 Å². The molecule has 0 radical (unpaired) electrons. The van der Waals surface area contributed by atoms with Gasteiger partial charge in [0, 0.05) is 6.07 Å². The molecule has 2 aromatic rings. The minimum atomic E-state index is -0.904. The van der Waals surface area contributed by atoms with E-state index in [-0.39, 0.29) is 30.3 Å². The zero-order chi connectivity index (χ0) is 20.7. The minimum absolute atomic E-state index is 0.135. The van der Waals surface area contributed by atoms with Crippen molar-refractivity contribution in [3.63, 3.8) is 0 Å². The summed E-state index contributed by atoms with van der Waals surface area (Å²) in [5, 5.41) is 11.3. The Morgan fingerprint density at radius 3 is 2.43 bits per heavy atom. The molecule has 2 rings (SSSR count). The van der Waals surface area contributed by atoms with E-state index in [1.807, 2.05) is 0 Å². The largest absolute Gasteiger partial charge is 0.493 e. The molecule has 9 heteroatoms. The molecule has 0 unspecified atom stereocenters. The molecular formula is C19H19NO8. The van der Waals surface area contributed by atoms with E-state index in [1.54, 1.807) is 25.1 Å². The van der Waals surface area contributed by atoms with Crippen LogP contribution in [0, 0.1) is 10.1 Å². The Hall–Kier alpha value is -3.62. The van der Waals surface area contributed by atoms with Gasteiger partial charge in [0.25, 0.3) is 5.69 Å². The molecule has 0 spiro atoms. The molecule has 0 saturated carbocycles. The van der Waals surface area contributed by atoms with Crippen LogP contribution in [-0.4, -0.2) is 37.7 Å². The fourth-order valence-electron chi connectivity index (χ4n) is 2.42. The average molecular weight is 389 g/mol. The first-order chi connectivity index (χ1) is 13.4. The van der Waals surface area contributed by atoms with Crippen LogP contribution in [0.3, 0.4) is 0 Å². The lowest BCUT2D eigenvalue weighted by atomic mass is 10.1. The van der Waals surface area contributed by atoms with Crippen molar-refractivity contribution in [2.75, 3.05) is 20.8 Å². The number of rotatable bonds is 8. The third-order valence-corrected chi connectivity index (χ3v) is 3.72. The summed E-state index contributed by atoms with van der Waals surface area (Å²) in [6.45, 7) is 1.83. The summed E-state index contributed by atoms with van der Waals surface area (Å²) in [5.74, 6) is -1.11. The number of carbonyl (C=O) groups is 2. The van der Waals surface area contributed by atoms with Gasteiger partial charge in [-0.2, -0.15) is 0 Å². The molecule has 2 aromatic carbocycles. The Labute approximate surface area is 160 Å². The van der Waals surface area contributed by atoms with Crippen LogP contribution in [-0.2, 0) is 16.1 Å². The molecule has 148 valence electrons. The number of benzene rings is 2. The number of nitro benzene ring substituents is 1. The van der Waals surface area contributed by atoms with Gasteiger partial charge in [-0.1, -0.05) is 12.1 Å². The van der Waals surface area contributed by atoms with Crippen LogP contribution in [0.2, 0.25) is 0 Å². The third kappa shape index (κ3) is 4.76. The number of hydrogen-bond acceptors (Lipinski definition) is 8. The zero-order valence-electron chi connectivity index (χ0n) is 15.6. The second kappa shape index (κ2) is 9.36. The second-order valence-corrected chi connectivity index (χ2v) is 5.48. The van der Waals surface area contributed by atoms with Crippen LogP contribution in [0.1, 0.15) is 33.2 Å². The predicted octanol–water partition coefficient (Wildman–Crippen LogP) is 3.15. The van der Waals surface area contributed by atoms with E-state index in [4.69, 9.17) is 14.2 Å². The Morgan fingerprint density at radius 1 is 1.07 bits per heavy atom. The Bertz CT molecular complexity index is 893. The van der Waals surface area contributed by atoms with Crippen molar-refractivity contribution in [3.8, 4) is 11.5 Å². The molecule has 0 bridgehead atoms. The van der Waals surface area contributed by atoms with Gasteiger partial charge in [-0.25, -0.2) is 9.59 Å². The van der Waals surface area contributed by atoms with Gasteiger partial charge in [-0.3, -0.25) is 10.1 Å². The number of methoxy groups -OCH3 is 2. The molecule has 0 atom stereocenters. The summed E-state index contributed by atoms with van der Waals surface area (Å²) in [6.07, 6.45) is 0. The monoisotopic (exact) mass is 389 g/mol. The van der Waals surface area contributed by atoms with Gasteiger partial charge in [-0.05, 0) is 24.6 Å². The molecule has 0 aromatic heterocycles. The molecule has 0 heterocycles. The van der Waals surface area contributed by atoms with E-state index in [9.17, 15) is 19.7 Å². The number of nitro groups is 1. The van der Waals surface area contributed by atoms with E-state index < -0.39 is 22.5 Å². The summed E-state index contributed by atoms with van der Waals surface area (Å²) >= 11 is 0. The lowest BCUT2D eigenvalue weighted by Crippen LogP contribution is -2.10. The summed E-state index contributed by atoms with van der Waals surface area (Å²) < 4.78 is 20.3. The smallest absolute Gasteiger partial charge is 0.345 e. The molecule has 9 nitrogen and oxygen atoms in total. The van der Waals surface area contributed by atoms with Gasteiger partial charge >= 0.3 is 11.9 Å². The fraction of sp³-hybridized carbons (Fsp3) is 0.263. The van der Waals surface area contributed by atoms with Crippen molar-refractivity contribution in [2.24, 2.45) is 0 Å². The lowest BCUT2D eigenvalue weighted by molar-refractivity contribution is -0.385. The van der Waals surface area contributed by atoms with Crippen molar-refractivity contribution in [1.29, 1.82) is 0 Å². The van der Waals surface area contributed by atoms with E-state index >= 15 is 0 Å². The van der Waals surface area contributed by atoms with Crippen LogP contribution >= 0.6 is 0 Å². The predicted molar refractivity (Wildman–Crippen MR) is 97.7 cm³/mol. The highest BCUT2D eigenvalue weighted by Gasteiger charge is 2.26. The SMILES string of the molecule is CCOc1cc(C(=O)OCc2cccc(C(=O)OC)c2)c([N+](=O)[O-])cc1OC. The van der Waals surface area contributed by atoms with E-state index in [1.165, 1.54) is 26.4 Å². The normalized spacial score (nSPS) is 10.1. The van der Waals surface area contributed by atoms with E-state index in [0.29, 0.717) is 11.1 Å². The molecule has 28 heavy (non-hydrogen) atoms. The van der Waals surface area contributed by atoms with Crippen molar-refractivity contribution < 1.29 is 33.5 Å². The summed E-state index contributed by atoms with van der Waals surface area (Å²) in [7, 11) is 2.60. The van der Waals surface area contributed by atoms with E-state index in [2.05, 4.69) is 4.74 Å². The minimum Gasteiger partial charge on any atom is -0.493 e. The molecule has 0 fully saturated rings. The Kier molecular flexibility index (Phi) is 6.91. The molecule has 0 N–H and O–H groups in total. The molecule has 0 aliphatic rings. The molecule has 0 amide bonds. The van der Waals surface area contributed by atoms with Crippen LogP contribution in [0.25, 0.3) is 0 Å². The first kappa shape index (κ1) is 20.7. The molecule has 0 saturated heterocycles. The number of carbonyl (C=O) groups excluding carboxylic acids is 2. The lowest BCUT2D eigenvalue weighted by Gasteiger charge is -2.12. The van der Waals surface area contributed by atoms with Crippen LogP contribution in [0.15, 0.2) is 36.4 Å². The highest BCUT2D eigenvalue weighted by molar-refractivity contribution is 5.95. The topological polar surface area (TPSA) is 114 Å². The molecule has 0 aliphatic carbocycles. The van der Waals surface area contributed by atoms with Crippen molar-refractivity contribution in [3.05, 3.63) is 63.2 Å². The van der Waals surface area contributed by atoms with Gasteiger partial charge in [0.2, 0.25) is 0 Å². The van der Waals surface area contributed by atoms with Gasteiger partial charge < -0.3 is 18.9 Å². The number of esters is 2. The second-order valence-electron chi connectivity index (χ2n) is 5.48. The van der Waals surface area contributed by atoms with E-state index in [0.717, 1.165) is 6.07 Å². The highest BCUT2D eigenvalue weighted by Crippen LogP contribution is 2.35. The molecular weight excluding hydrogens is 370 g/mol. The van der Waals surface area contributed by atoms with Crippen molar-refractivity contribution in [1.82, 2.24) is 0 Å². The third-order valence-electron chi connectivity index (χ3n) is 3.72. The van der Waals surface area contributed by atoms with Crippen molar-refractivity contribution >= 4 is 17.6 Å². The first-order valence-corrected chi connectivity index (χ1v) is 8.24. The standard InChI is InChI=1S/C19H19NO8/c1-4-27-17-9-14(15(20(23)24)10-16(17)25-2)19(22)28-11-12-6-5-7-13(8-12)18(21)26-3/h5-10H,4,11H2,1-3H3. The number of ether oxygens (including phenoxy) is 4.